The molecule has 1 saturated heterocycles. The molecule has 2 aromatic heterocycles. The molecule has 6 heteroatoms. The van der Waals surface area contributed by atoms with E-state index in [1.54, 1.807) is 6.20 Å². The fraction of sp³-hybridized carbons (Fsp3) is 0.222. The molecule has 1 fully saturated rings. The van der Waals surface area contributed by atoms with E-state index in [9.17, 15) is 9.90 Å². The Kier molecular flexibility index (Phi) is 5.75. The SMILES string of the molecule is Cc1c(Nc2nccc3cc(CN4CCC[C@H]4C(=O)O)cnc23)cccc1-c1ccccc1. The van der Waals surface area contributed by atoms with Crippen molar-refractivity contribution in [2.45, 2.75) is 32.4 Å². The largest absolute Gasteiger partial charge is 0.480 e. The molecule has 0 spiro atoms. The number of nitrogens with one attached hydrogen (secondary N) is 1. The van der Waals surface area contributed by atoms with Gasteiger partial charge in [0.2, 0.25) is 0 Å². The number of carboxylic acid groups (broad SMARTS) is 1. The fourth-order valence-corrected chi connectivity index (χ4v) is 4.64. The Balaban J connectivity index is 1.43. The first-order chi connectivity index (χ1) is 16.1. The van der Waals surface area contributed by atoms with Crippen LogP contribution in [0.25, 0.3) is 22.0 Å². The fourth-order valence-electron chi connectivity index (χ4n) is 4.64. The van der Waals surface area contributed by atoms with Crippen LogP contribution in [0.15, 0.2) is 73.1 Å². The molecule has 0 unspecified atom stereocenters. The van der Waals surface area contributed by atoms with Crippen LogP contribution in [0.5, 0.6) is 0 Å². The van der Waals surface area contributed by atoms with Gasteiger partial charge in [0.15, 0.2) is 5.82 Å². The molecule has 33 heavy (non-hydrogen) atoms. The number of likely N-dealkylation sites (tertiary alicyclic amines) is 1. The quantitative estimate of drug-likeness (QED) is 0.420. The highest BCUT2D eigenvalue weighted by Crippen LogP contribution is 2.31. The van der Waals surface area contributed by atoms with Crippen molar-refractivity contribution in [3.63, 3.8) is 0 Å². The van der Waals surface area contributed by atoms with Gasteiger partial charge in [-0.1, -0.05) is 42.5 Å². The first-order valence-corrected chi connectivity index (χ1v) is 11.2. The van der Waals surface area contributed by atoms with Crippen molar-refractivity contribution in [1.82, 2.24) is 14.9 Å². The van der Waals surface area contributed by atoms with Crippen LogP contribution in [0.2, 0.25) is 0 Å². The molecule has 1 aliphatic rings. The number of anilines is 2. The van der Waals surface area contributed by atoms with Crippen LogP contribution >= 0.6 is 0 Å². The Hall–Kier alpha value is -3.77. The van der Waals surface area contributed by atoms with E-state index in [-0.39, 0.29) is 0 Å². The van der Waals surface area contributed by atoms with E-state index < -0.39 is 12.0 Å². The zero-order valence-electron chi connectivity index (χ0n) is 18.5. The third-order valence-electron chi connectivity index (χ3n) is 6.36. The van der Waals surface area contributed by atoms with E-state index in [2.05, 4.69) is 47.6 Å². The molecule has 0 aliphatic carbocycles. The van der Waals surface area contributed by atoms with Crippen LogP contribution in [-0.2, 0) is 11.3 Å². The average Bonchev–Trinajstić information content (AvgIpc) is 3.29. The van der Waals surface area contributed by atoms with Gasteiger partial charge < -0.3 is 10.4 Å². The number of hydrogen-bond donors (Lipinski definition) is 2. The zero-order chi connectivity index (χ0) is 22.8. The highest BCUT2D eigenvalue weighted by molar-refractivity contribution is 5.90. The van der Waals surface area contributed by atoms with Crippen LogP contribution in [0.3, 0.4) is 0 Å². The minimum absolute atomic E-state index is 0.407. The maximum Gasteiger partial charge on any atom is 0.320 e. The third kappa shape index (κ3) is 4.30. The Labute approximate surface area is 192 Å². The average molecular weight is 439 g/mol. The predicted octanol–water partition coefficient (Wildman–Crippen LogP) is 5.40. The number of benzene rings is 2. The number of nitrogens with zero attached hydrogens (tertiary/aromatic N) is 3. The lowest BCUT2D eigenvalue weighted by molar-refractivity contribution is -0.142. The zero-order valence-corrected chi connectivity index (χ0v) is 18.5. The smallest absolute Gasteiger partial charge is 0.320 e. The first kappa shape index (κ1) is 21.1. The lowest BCUT2D eigenvalue weighted by atomic mass is 9.99. The van der Waals surface area contributed by atoms with Crippen molar-refractivity contribution in [3.8, 4) is 11.1 Å². The van der Waals surface area contributed by atoms with Crippen LogP contribution in [0.4, 0.5) is 11.5 Å². The summed E-state index contributed by atoms with van der Waals surface area (Å²) in [6.07, 6.45) is 5.23. The standard InChI is InChI=1S/C27H26N4O2/c1-18-22(20-7-3-2-4-8-20)9-5-10-23(18)30-26-25-21(12-13-28-26)15-19(16-29-25)17-31-14-6-11-24(31)27(32)33/h2-5,7-10,12-13,15-16,24H,6,11,14,17H2,1H3,(H,28,30)(H,32,33)/t24-/m0/s1. The summed E-state index contributed by atoms with van der Waals surface area (Å²) in [6, 6.07) is 20.2. The second-order valence-corrected chi connectivity index (χ2v) is 8.51. The van der Waals surface area contributed by atoms with E-state index >= 15 is 0 Å². The second-order valence-electron chi connectivity index (χ2n) is 8.51. The van der Waals surface area contributed by atoms with Gasteiger partial charge in [-0.05, 0) is 66.8 Å². The van der Waals surface area contributed by atoms with E-state index in [1.165, 1.54) is 11.1 Å². The molecule has 1 atom stereocenters. The number of aromatic nitrogens is 2. The van der Waals surface area contributed by atoms with Crippen LogP contribution in [-0.4, -0.2) is 38.5 Å². The molecule has 166 valence electrons. The van der Waals surface area contributed by atoms with Crippen molar-refractivity contribution < 1.29 is 9.90 Å². The van der Waals surface area contributed by atoms with Gasteiger partial charge in [-0.3, -0.25) is 14.7 Å². The highest BCUT2D eigenvalue weighted by Gasteiger charge is 2.30. The molecular weight excluding hydrogens is 412 g/mol. The first-order valence-electron chi connectivity index (χ1n) is 11.2. The summed E-state index contributed by atoms with van der Waals surface area (Å²) < 4.78 is 0. The van der Waals surface area contributed by atoms with Gasteiger partial charge in [0, 0.05) is 30.0 Å². The molecule has 5 rings (SSSR count). The summed E-state index contributed by atoms with van der Waals surface area (Å²) >= 11 is 0. The van der Waals surface area contributed by atoms with Crippen molar-refractivity contribution >= 4 is 28.4 Å². The number of rotatable bonds is 6. The minimum atomic E-state index is -0.745. The summed E-state index contributed by atoms with van der Waals surface area (Å²) in [5, 5.41) is 13.9. The van der Waals surface area contributed by atoms with E-state index in [1.807, 2.05) is 41.4 Å². The minimum Gasteiger partial charge on any atom is -0.480 e. The van der Waals surface area contributed by atoms with Gasteiger partial charge in [-0.2, -0.15) is 0 Å². The van der Waals surface area contributed by atoms with Crippen molar-refractivity contribution in [2.24, 2.45) is 0 Å². The molecule has 0 amide bonds. The van der Waals surface area contributed by atoms with Gasteiger partial charge >= 0.3 is 5.97 Å². The predicted molar refractivity (Wildman–Crippen MR) is 131 cm³/mol. The van der Waals surface area contributed by atoms with Crippen molar-refractivity contribution in [2.75, 3.05) is 11.9 Å². The molecule has 4 aromatic rings. The van der Waals surface area contributed by atoms with Gasteiger partial charge in [0.05, 0.1) is 0 Å². The molecular formula is C27H26N4O2. The van der Waals surface area contributed by atoms with E-state index in [0.717, 1.165) is 40.7 Å². The molecule has 2 aromatic carbocycles. The van der Waals surface area contributed by atoms with E-state index in [0.29, 0.717) is 18.8 Å². The summed E-state index contributed by atoms with van der Waals surface area (Å²) in [6.45, 7) is 3.49. The summed E-state index contributed by atoms with van der Waals surface area (Å²) in [4.78, 5) is 22.8. The summed E-state index contributed by atoms with van der Waals surface area (Å²) in [5.41, 5.74) is 6.29. The topological polar surface area (TPSA) is 78.4 Å². The number of aliphatic carboxylic acids is 1. The van der Waals surface area contributed by atoms with Crippen molar-refractivity contribution in [1.29, 1.82) is 0 Å². The molecule has 0 bridgehead atoms. The number of fused-ring (bicyclic) bond motifs is 1. The number of pyridine rings is 2. The Morgan fingerprint density at radius 3 is 2.79 bits per heavy atom. The van der Waals surface area contributed by atoms with Gasteiger partial charge in [-0.25, -0.2) is 4.98 Å². The summed E-state index contributed by atoms with van der Waals surface area (Å²) in [7, 11) is 0. The third-order valence-corrected chi connectivity index (χ3v) is 6.36. The number of carbonyl (C=O) groups is 1. The molecule has 3 heterocycles. The molecule has 6 nitrogen and oxygen atoms in total. The molecule has 2 N–H and O–H groups in total. The van der Waals surface area contributed by atoms with Gasteiger partial charge in [0.25, 0.3) is 0 Å². The van der Waals surface area contributed by atoms with E-state index in [4.69, 9.17) is 4.98 Å². The Morgan fingerprint density at radius 1 is 1.12 bits per heavy atom. The van der Waals surface area contributed by atoms with Crippen LogP contribution in [0, 0.1) is 6.92 Å². The summed E-state index contributed by atoms with van der Waals surface area (Å²) in [5.74, 6) is -0.0398. The number of hydrogen-bond acceptors (Lipinski definition) is 5. The molecule has 0 saturated carbocycles. The highest BCUT2D eigenvalue weighted by atomic mass is 16.4. The maximum absolute atomic E-state index is 11.5. The molecule has 0 radical (unpaired) electrons. The van der Waals surface area contributed by atoms with Gasteiger partial charge in [0.1, 0.15) is 11.6 Å². The normalized spacial score (nSPS) is 16.2. The van der Waals surface area contributed by atoms with Crippen LogP contribution < -0.4 is 5.32 Å². The second kappa shape index (κ2) is 9.00. The lowest BCUT2D eigenvalue weighted by Crippen LogP contribution is -2.35. The number of carboxylic acids is 1. The lowest BCUT2D eigenvalue weighted by Gasteiger charge is -2.21. The van der Waals surface area contributed by atoms with Crippen molar-refractivity contribution in [3.05, 3.63) is 84.2 Å². The Morgan fingerprint density at radius 2 is 1.97 bits per heavy atom. The van der Waals surface area contributed by atoms with Crippen LogP contribution in [0.1, 0.15) is 24.0 Å². The molecule has 1 aliphatic heterocycles. The monoisotopic (exact) mass is 438 g/mol. The van der Waals surface area contributed by atoms with Gasteiger partial charge in [-0.15, -0.1) is 0 Å². The Bertz CT molecular complexity index is 1310. The maximum atomic E-state index is 11.5.